The van der Waals surface area contributed by atoms with Gasteiger partial charge in [-0.1, -0.05) is 0 Å². The Balaban J connectivity index is 2.35. The van der Waals surface area contributed by atoms with Crippen LogP contribution in [0.5, 0.6) is 0 Å². The Morgan fingerprint density at radius 1 is 1.42 bits per heavy atom. The van der Waals surface area contributed by atoms with Crippen LogP contribution in [-0.4, -0.2) is 46.0 Å². The lowest BCUT2D eigenvalue weighted by Crippen LogP contribution is -2.37. The average molecular weight is 282 g/mol. The van der Waals surface area contributed by atoms with Crippen LogP contribution in [0, 0.1) is 6.92 Å². The Labute approximate surface area is 115 Å². The molecular formula is C12H18N4O2S. The summed E-state index contributed by atoms with van der Waals surface area (Å²) >= 11 is 1.59. The van der Waals surface area contributed by atoms with E-state index in [1.54, 1.807) is 25.3 Å². The van der Waals surface area contributed by atoms with Crippen molar-refractivity contribution >= 4 is 33.3 Å². The first-order valence-electron chi connectivity index (χ1n) is 5.98. The topological polar surface area (TPSA) is 90.3 Å². The molecule has 1 atom stereocenters. The van der Waals surface area contributed by atoms with E-state index in [1.165, 1.54) is 0 Å². The van der Waals surface area contributed by atoms with E-state index in [9.17, 15) is 5.11 Å². The lowest BCUT2D eigenvalue weighted by atomic mass is 10.1. The second-order valence-electron chi connectivity index (χ2n) is 4.73. The number of aryl methyl sites for hydroxylation is 1. The normalized spacial score (nSPS) is 14.4. The number of rotatable bonds is 5. The third-order valence-corrected chi connectivity index (χ3v) is 3.66. The van der Waals surface area contributed by atoms with Crippen molar-refractivity contribution in [1.29, 1.82) is 0 Å². The third-order valence-electron chi connectivity index (χ3n) is 2.72. The SMILES string of the molecule is CNc1nc(NCC(C)(O)CO)c2cc(C)sc2n1. The zero-order valence-electron chi connectivity index (χ0n) is 11.2. The Morgan fingerprint density at radius 2 is 2.16 bits per heavy atom. The molecular weight excluding hydrogens is 264 g/mol. The van der Waals surface area contributed by atoms with Gasteiger partial charge >= 0.3 is 0 Å². The van der Waals surface area contributed by atoms with Gasteiger partial charge in [0.25, 0.3) is 0 Å². The van der Waals surface area contributed by atoms with E-state index in [0.29, 0.717) is 11.8 Å². The first-order valence-corrected chi connectivity index (χ1v) is 6.80. The predicted octanol–water partition coefficient (Wildman–Crippen LogP) is 1.20. The summed E-state index contributed by atoms with van der Waals surface area (Å²) in [6.07, 6.45) is 0. The van der Waals surface area contributed by atoms with Gasteiger partial charge in [-0.15, -0.1) is 11.3 Å². The molecule has 0 aliphatic rings. The Kier molecular flexibility index (Phi) is 3.88. The maximum Gasteiger partial charge on any atom is 0.225 e. The number of nitrogens with one attached hydrogen (secondary N) is 2. The minimum atomic E-state index is -1.18. The van der Waals surface area contributed by atoms with Gasteiger partial charge in [0.2, 0.25) is 5.95 Å². The highest BCUT2D eigenvalue weighted by Crippen LogP contribution is 2.29. The maximum atomic E-state index is 9.82. The molecule has 2 aromatic rings. The number of nitrogens with zero attached hydrogens (tertiary/aromatic N) is 2. The molecule has 104 valence electrons. The standard InChI is InChI=1S/C12H18N4O2S/c1-7-4-8-9(14-5-12(2,18)6-17)15-11(13-3)16-10(8)19-7/h4,17-18H,5-6H2,1-3H3,(H2,13,14,15,16). The Morgan fingerprint density at radius 3 is 2.79 bits per heavy atom. The van der Waals surface area contributed by atoms with Crippen LogP contribution < -0.4 is 10.6 Å². The molecule has 0 aliphatic heterocycles. The van der Waals surface area contributed by atoms with E-state index >= 15 is 0 Å². The van der Waals surface area contributed by atoms with E-state index in [-0.39, 0.29) is 13.2 Å². The van der Waals surface area contributed by atoms with Gasteiger partial charge in [-0.2, -0.15) is 4.98 Å². The Bertz CT molecular complexity index is 582. The van der Waals surface area contributed by atoms with Crippen LogP contribution in [0.15, 0.2) is 6.07 Å². The monoisotopic (exact) mass is 282 g/mol. The molecule has 0 saturated carbocycles. The number of thiophene rings is 1. The molecule has 19 heavy (non-hydrogen) atoms. The van der Waals surface area contributed by atoms with Crippen molar-refractivity contribution in [3.8, 4) is 0 Å². The largest absolute Gasteiger partial charge is 0.393 e. The second-order valence-corrected chi connectivity index (χ2v) is 5.97. The van der Waals surface area contributed by atoms with E-state index in [1.807, 2.05) is 13.0 Å². The summed E-state index contributed by atoms with van der Waals surface area (Å²) in [7, 11) is 1.76. The molecule has 0 bridgehead atoms. The van der Waals surface area contributed by atoms with Gasteiger partial charge in [0, 0.05) is 18.5 Å². The van der Waals surface area contributed by atoms with E-state index in [4.69, 9.17) is 5.11 Å². The fourth-order valence-electron chi connectivity index (χ4n) is 1.62. The smallest absolute Gasteiger partial charge is 0.225 e. The van der Waals surface area contributed by atoms with Crippen molar-refractivity contribution in [3.63, 3.8) is 0 Å². The molecule has 0 spiro atoms. The van der Waals surface area contributed by atoms with E-state index in [2.05, 4.69) is 20.6 Å². The summed E-state index contributed by atoms with van der Waals surface area (Å²) < 4.78 is 0. The first-order chi connectivity index (χ1) is 8.95. The van der Waals surface area contributed by atoms with Crippen LogP contribution in [0.4, 0.5) is 11.8 Å². The minimum absolute atomic E-state index is 0.216. The summed E-state index contributed by atoms with van der Waals surface area (Å²) in [5.41, 5.74) is -1.18. The molecule has 6 nitrogen and oxygen atoms in total. The van der Waals surface area contributed by atoms with Gasteiger partial charge in [0.15, 0.2) is 0 Å². The maximum absolute atomic E-state index is 9.82. The van der Waals surface area contributed by atoms with Crippen molar-refractivity contribution < 1.29 is 10.2 Å². The van der Waals surface area contributed by atoms with Crippen LogP contribution in [-0.2, 0) is 0 Å². The highest BCUT2D eigenvalue weighted by Gasteiger charge is 2.20. The number of hydrogen-bond donors (Lipinski definition) is 4. The molecule has 2 aromatic heterocycles. The summed E-state index contributed by atoms with van der Waals surface area (Å²) in [6.45, 7) is 3.48. The minimum Gasteiger partial charge on any atom is -0.393 e. The van der Waals surface area contributed by atoms with Crippen LogP contribution in [0.3, 0.4) is 0 Å². The summed E-state index contributed by atoms with van der Waals surface area (Å²) in [5.74, 6) is 1.19. The number of hydrogen-bond acceptors (Lipinski definition) is 7. The molecule has 2 rings (SSSR count). The third kappa shape index (κ3) is 3.12. The van der Waals surface area contributed by atoms with Crippen LogP contribution >= 0.6 is 11.3 Å². The van der Waals surface area contributed by atoms with Gasteiger partial charge in [0.05, 0.1) is 12.0 Å². The van der Waals surface area contributed by atoms with Crippen molar-refractivity contribution in [3.05, 3.63) is 10.9 Å². The van der Waals surface area contributed by atoms with Gasteiger partial charge in [-0.25, -0.2) is 4.98 Å². The molecule has 0 aromatic carbocycles. The molecule has 0 fully saturated rings. The summed E-state index contributed by atoms with van der Waals surface area (Å²) in [5, 5.41) is 25.8. The lowest BCUT2D eigenvalue weighted by molar-refractivity contribution is 0.0132. The lowest BCUT2D eigenvalue weighted by Gasteiger charge is -2.21. The number of anilines is 2. The zero-order valence-corrected chi connectivity index (χ0v) is 12.0. The molecule has 7 heteroatoms. The average Bonchev–Trinajstić information content (AvgIpc) is 2.76. The van der Waals surface area contributed by atoms with E-state index in [0.717, 1.165) is 15.1 Å². The van der Waals surface area contributed by atoms with Crippen molar-refractivity contribution in [1.82, 2.24) is 9.97 Å². The number of aromatic nitrogens is 2. The molecule has 4 N–H and O–H groups in total. The molecule has 0 saturated heterocycles. The van der Waals surface area contributed by atoms with Crippen molar-refractivity contribution in [2.75, 3.05) is 30.8 Å². The fraction of sp³-hybridized carbons (Fsp3) is 0.500. The quantitative estimate of drug-likeness (QED) is 0.659. The van der Waals surface area contributed by atoms with Gasteiger partial charge < -0.3 is 20.8 Å². The van der Waals surface area contributed by atoms with Gasteiger partial charge in [-0.05, 0) is 19.9 Å². The summed E-state index contributed by atoms with van der Waals surface area (Å²) in [6, 6.07) is 2.01. The number of aliphatic hydroxyl groups excluding tert-OH is 1. The molecule has 2 heterocycles. The number of fused-ring (bicyclic) bond motifs is 1. The molecule has 0 radical (unpaired) electrons. The van der Waals surface area contributed by atoms with Crippen molar-refractivity contribution in [2.45, 2.75) is 19.4 Å². The fourth-order valence-corrected chi connectivity index (χ4v) is 2.50. The molecule has 0 aliphatic carbocycles. The summed E-state index contributed by atoms with van der Waals surface area (Å²) in [4.78, 5) is 10.8. The highest BCUT2D eigenvalue weighted by molar-refractivity contribution is 7.18. The highest BCUT2D eigenvalue weighted by atomic mass is 32.1. The zero-order chi connectivity index (χ0) is 14.0. The van der Waals surface area contributed by atoms with Crippen LogP contribution in [0.1, 0.15) is 11.8 Å². The van der Waals surface area contributed by atoms with Crippen molar-refractivity contribution in [2.24, 2.45) is 0 Å². The molecule has 1 unspecified atom stereocenters. The Hall–Kier alpha value is -1.44. The van der Waals surface area contributed by atoms with Crippen LogP contribution in [0.25, 0.3) is 10.2 Å². The van der Waals surface area contributed by atoms with Gasteiger partial charge in [-0.3, -0.25) is 0 Å². The second kappa shape index (κ2) is 5.28. The first kappa shape index (κ1) is 14.0. The predicted molar refractivity (Wildman–Crippen MR) is 77.9 cm³/mol. The number of aliphatic hydroxyl groups is 2. The molecule has 0 amide bonds. The van der Waals surface area contributed by atoms with Crippen LogP contribution in [0.2, 0.25) is 0 Å². The van der Waals surface area contributed by atoms with E-state index < -0.39 is 5.60 Å². The van der Waals surface area contributed by atoms with Gasteiger partial charge in [0.1, 0.15) is 16.2 Å².